The molecule has 0 aliphatic rings. The first-order valence-electron chi connectivity index (χ1n) is 7.18. The summed E-state index contributed by atoms with van der Waals surface area (Å²) in [6.07, 6.45) is 0. The van der Waals surface area contributed by atoms with Crippen molar-refractivity contribution in [2.24, 2.45) is 5.92 Å². The van der Waals surface area contributed by atoms with E-state index in [0.717, 1.165) is 0 Å². The highest BCUT2D eigenvalue weighted by molar-refractivity contribution is 7.59. The summed E-state index contributed by atoms with van der Waals surface area (Å²) in [5.74, 6) is 0.230. The van der Waals surface area contributed by atoms with E-state index in [4.69, 9.17) is 16.0 Å². The molecule has 0 spiro atoms. The van der Waals surface area contributed by atoms with Crippen LogP contribution in [0.5, 0.6) is 0 Å². The third-order valence-corrected chi connectivity index (χ3v) is 4.54. The van der Waals surface area contributed by atoms with Gasteiger partial charge in [-0.25, -0.2) is 9.37 Å². The van der Waals surface area contributed by atoms with Crippen LogP contribution in [0.2, 0.25) is 5.02 Å². The van der Waals surface area contributed by atoms with Gasteiger partial charge in [0.15, 0.2) is 11.6 Å². The van der Waals surface area contributed by atoms with E-state index in [9.17, 15) is 18.7 Å². The first-order valence-corrected chi connectivity index (χ1v) is 9.17. The fraction of sp³-hybridized carbons (Fsp3) is 0.267. The average molecular weight is 373 g/mol. The Kier molecular flexibility index (Phi) is 4.30. The van der Waals surface area contributed by atoms with Crippen LogP contribution in [-0.2, 0) is 11.1 Å². The SMILES string of the molecule is CC(C)Cn1c(-c2ccc(P(=O)(O)O)o2)nc2cc(Cl)c(F)cc21. The van der Waals surface area contributed by atoms with Gasteiger partial charge < -0.3 is 18.8 Å². The highest BCUT2D eigenvalue weighted by Crippen LogP contribution is 2.36. The molecule has 2 heterocycles. The summed E-state index contributed by atoms with van der Waals surface area (Å²) in [7, 11) is -4.50. The fourth-order valence-corrected chi connectivity index (χ4v) is 3.11. The number of aromatic nitrogens is 2. The molecule has 1 aromatic carbocycles. The van der Waals surface area contributed by atoms with Crippen LogP contribution in [0.25, 0.3) is 22.6 Å². The Morgan fingerprint density at radius 2 is 2.08 bits per heavy atom. The molecule has 9 heteroatoms. The van der Waals surface area contributed by atoms with Crippen molar-refractivity contribution >= 4 is 35.7 Å². The molecule has 0 aliphatic heterocycles. The van der Waals surface area contributed by atoms with Gasteiger partial charge in [0.05, 0.1) is 16.1 Å². The minimum absolute atomic E-state index is 0.0430. The van der Waals surface area contributed by atoms with Crippen LogP contribution < -0.4 is 5.50 Å². The topological polar surface area (TPSA) is 88.5 Å². The van der Waals surface area contributed by atoms with Gasteiger partial charge in [0.2, 0.25) is 5.50 Å². The second kappa shape index (κ2) is 6.01. The minimum atomic E-state index is -4.50. The van der Waals surface area contributed by atoms with Gasteiger partial charge in [-0.15, -0.1) is 0 Å². The summed E-state index contributed by atoms with van der Waals surface area (Å²) in [6, 6.07) is 5.36. The van der Waals surface area contributed by atoms with Crippen LogP contribution in [0.15, 0.2) is 28.7 Å². The van der Waals surface area contributed by atoms with Crippen molar-refractivity contribution in [2.75, 3.05) is 0 Å². The third-order valence-electron chi connectivity index (χ3n) is 3.44. The average Bonchev–Trinajstić information content (AvgIpc) is 3.05. The van der Waals surface area contributed by atoms with Gasteiger partial charge in [-0.1, -0.05) is 25.4 Å². The maximum atomic E-state index is 13.8. The molecule has 0 fully saturated rings. The minimum Gasteiger partial charge on any atom is -0.445 e. The van der Waals surface area contributed by atoms with Crippen LogP contribution in [0.1, 0.15) is 13.8 Å². The Morgan fingerprint density at radius 3 is 2.67 bits per heavy atom. The van der Waals surface area contributed by atoms with E-state index in [-0.39, 0.29) is 16.7 Å². The summed E-state index contributed by atoms with van der Waals surface area (Å²) < 4.78 is 32.2. The summed E-state index contributed by atoms with van der Waals surface area (Å²) in [5, 5.41) is -0.0430. The standard InChI is InChI=1S/C15H15ClFN2O4P/c1-8(2)7-19-12-6-10(17)9(16)5-11(12)18-15(19)13-3-4-14(23-13)24(20,21)22/h3-6,8H,7H2,1-2H3,(H2,20,21,22). The van der Waals surface area contributed by atoms with Gasteiger partial charge in [0.1, 0.15) is 5.82 Å². The first-order chi connectivity index (χ1) is 11.2. The van der Waals surface area contributed by atoms with Crippen LogP contribution in [0.3, 0.4) is 0 Å². The van der Waals surface area contributed by atoms with Crippen molar-refractivity contribution in [1.82, 2.24) is 9.55 Å². The van der Waals surface area contributed by atoms with E-state index in [1.165, 1.54) is 24.3 Å². The van der Waals surface area contributed by atoms with Crippen molar-refractivity contribution in [3.8, 4) is 11.6 Å². The van der Waals surface area contributed by atoms with Crippen molar-refractivity contribution in [1.29, 1.82) is 0 Å². The molecule has 24 heavy (non-hydrogen) atoms. The van der Waals surface area contributed by atoms with Crippen molar-refractivity contribution in [3.63, 3.8) is 0 Å². The van der Waals surface area contributed by atoms with E-state index < -0.39 is 18.9 Å². The molecular formula is C15H15ClFN2O4P. The lowest BCUT2D eigenvalue weighted by Gasteiger charge is -2.10. The summed E-state index contributed by atoms with van der Waals surface area (Å²) in [4.78, 5) is 22.8. The number of benzene rings is 1. The molecule has 0 saturated carbocycles. The lowest BCUT2D eigenvalue weighted by molar-refractivity contribution is 0.377. The van der Waals surface area contributed by atoms with Crippen LogP contribution in [-0.4, -0.2) is 19.3 Å². The molecule has 3 aromatic rings. The Morgan fingerprint density at radius 1 is 1.38 bits per heavy atom. The predicted octanol–water partition coefficient (Wildman–Crippen LogP) is 3.55. The number of nitrogens with zero attached hydrogens (tertiary/aromatic N) is 2. The van der Waals surface area contributed by atoms with Crippen molar-refractivity contribution < 1.29 is 23.2 Å². The lowest BCUT2D eigenvalue weighted by atomic mass is 10.2. The zero-order valence-electron chi connectivity index (χ0n) is 12.9. The molecular weight excluding hydrogens is 358 g/mol. The molecule has 128 valence electrons. The Balaban J connectivity index is 2.22. The molecule has 2 aromatic heterocycles. The number of hydrogen-bond donors (Lipinski definition) is 2. The number of rotatable bonds is 4. The first kappa shape index (κ1) is 17.2. The monoisotopic (exact) mass is 372 g/mol. The van der Waals surface area contributed by atoms with E-state index in [0.29, 0.717) is 23.4 Å². The number of hydrogen-bond acceptors (Lipinski definition) is 3. The molecule has 0 unspecified atom stereocenters. The molecule has 0 aliphatic carbocycles. The van der Waals surface area contributed by atoms with E-state index in [1.54, 1.807) is 4.57 Å². The zero-order chi connectivity index (χ0) is 17.6. The van der Waals surface area contributed by atoms with Gasteiger partial charge in [0.25, 0.3) is 0 Å². The van der Waals surface area contributed by atoms with Gasteiger partial charge in [-0.2, -0.15) is 0 Å². The molecule has 0 bridgehead atoms. The molecule has 0 atom stereocenters. The maximum absolute atomic E-state index is 13.8. The predicted molar refractivity (Wildman–Crippen MR) is 88.9 cm³/mol. The van der Waals surface area contributed by atoms with Crippen molar-refractivity contribution in [3.05, 3.63) is 35.1 Å². The van der Waals surface area contributed by atoms with E-state index >= 15 is 0 Å². The van der Waals surface area contributed by atoms with Gasteiger partial charge in [0, 0.05) is 12.6 Å². The Bertz CT molecular complexity index is 960. The lowest BCUT2D eigenvalue weighted by Crippen LogP contribution is -2.06. The van der Waals surface area contributed by atoms with E-state index in [2.05, 4.69) is 4.98 Å². The number of halogens is 2. The zero-order valence-corrected chi connectivity index (χ0v) is 14.6. The molecule has 3 rings (SSSR count). The molecule has 6 nitrogen and oxygen atoms in total. The summed E-state index contributed by atoms with van der Waals surface area (Å²) in [6.45, 7) is 4.51. The maximum Gasteiger partial charge on any atom is 0.391 e. The number of furan rings is 1. The van der Waals surface area contributed by atoms with Crippen LogP contribution >= 0.6 is 19.2 Å². The molecule has 0 radical (unpaired) electrons. The number of imidazole rings is 1. The second-order valence-electron chi connectivity index (χ2n) is 5.88. The van der Waals surface area contributed by atoms with Crippen molar-refractivity contribution in [2.45, 2.75) is 20.4 Å². The number of fused-ring (bicyclic) bond motifs is 1. The van der Waals surface area contributed by atoms with Crippen LogP contribution in [0, 0.1) is 11.7 Å². The van der Waals surface area contributed by atoms with E-state index in [1.807, 2.05) is 13.8 Å². The van der Waals surface area contributed by atoms with Gasteiger partial charge in [-0.05, 0) is 24.1 Å². The third kappa shape index (κ3) is 3.13. The fourth-order valence-electron chi connectivity index (χ4n) is 2.46. The largest absolute Gasteiger partial charge is 0.445 e. The van der Waals surface area contributed by atoms with Gasteiger partial charge in [-0.3, -0.25) is 4.57 Å². The molecule has 0 saturated heterocycles. The van der Waals surface area contributed by atoms with Gasteiger partial charge >= 0.3 is 7.60 Å². The normalized spacial score (nSPS) is 12.5. The smallest absolute Gasteiger partial charge is 0.391 e. The quantitative estimate of drug-likeness (QED) is 0.684. The Hall–Kier alpha value is -1.66. The highest BCUT2D eigenvalue weighted by Gasteiger charge is 2.25. The molecule has 0 amide bonds. The summed E-state index contributed by atoms with van der Waals surface area (Å²) in [5.41, 5.74) is 0.575. The molecule has 2 N–H and O–H groups in total. The summed E-state index contributed by atoms with van der Waals surface area (Å²) >= 11 is 5.81. The van der Waals surface area contributed by atoms with Crippen LogP contribution in [0.4, 0.5) is 4.39 Å². The second-order valence-corrected chi connectivity index (χ2v) is 7.81. The Labute approximate surface area is 142 Å². The highest BCUT2D eigenvalue weighted by atomic mass is 35.5.